The van der Waals surface area contributed by atoms with E-state index in [1.807, 2.05) is 44.2 Å². The number of aryl methyl sites for hydroxylation is 2. The summed E-state index contributed by atoms with van der Waals surface area (Å²) < 4.78 is 5.18. The van der Waals surface area contributed by atoms with Crippen LogP contribution in [0, 0.1) is 13.8 Å². The summed E-state index contributed by atoms with van der Waals surface area (Å²) in [5, 5.41) is 3.08. The molecule has 0 bridgehead atoms. The number of nitrogens with one attached hydrogen (secondary N) is 1. The van der Waals surface area contributed by atoms with Crippen molar-refractivity contribution in [3.8, 4) is 0 Å². The third kappa shape index (κ3) is 3.08. The SMILES string of the molecule is Cc1ccc(C(=O)CNCc2ccco2)cc1C. The summed E-state index contributed by atoms with van der Waals surface area (Å²) in [6, 6.07) is 9.51. The minimum Gasteiger partial charge on any atom is -0.468 e. The van der Waals surface area contributed by atoms with Crippen LogP contribution in [0.3, 0.4) is 0 Å². The maximum atomic E-state index is 11.9. The van der Waals surface area contributed by atoms with E-state index in [1.165, 1.54) is 5.56 Å². The number of Topliss-reactive ketones (excluding diaryl/α,β-unsaturated/α-hetero) is 1. The largest absolute Gasteiger partial charge is 0.468 e. The monoisotopic (exact) mass is 243 g/mol. The topological polar surface area (TPSA) is 42.2 Å². The van der Waals surface area contributed by atoms with Crippen LogP contribution in [0.1, 0.15) is 27.2 Å². The molecule has 0 spiro atoms. The van der Waals surface area contributed by atoms with Gasteiger partial charge in [0.25, 0.3) is 0 Å². The highest BCUT2D eigenvalue weighted by molar-refractivity contribution is 5.97. The van der Waals surface area contributed by atoms with Gasteiger partial charge in [0.1, 0.15) is 5.76 Å². The van der Waals surface area contributed by atoms with Crippen LogP contribution >= 0.6 is 0 Å². The second-order valence-electron chi connectivity index (χ2n) is 4.41. The second kappa shape index (κ2) is 5.65. The average molecular weight is 243 g/mol. The lowest BCUT2D eigenvalue weighted by Gasteiger charge is -2.05. The number of carbonyl (C=O) groups is 1. The molecular formula is C15H17NO2. The highest BCUT2D eigenvalue weighted by Gasteiger charge is 2.06. The molecule has 0 saturated heterocycles. The zero-order chi connectivity index (χ0) is 13.0. The fraction of sp³-hybridized carbons (Fsp3) is 0.267. The Bertz CT molecular complexity index is 529. The quantitative estimate of drug-likeness (QED) is 0.821. The van der Waals surface area contributed by atoms with Crippen LogP contribution in [-0.2, 0) is 6.54 Å². The third-order valence-corrected chi connectivity index (χ3v) is 2.99. The Hall–Kier alpha value is -1.87. The smallest absolute Gasteiger partial charge is 0.176 e. The van der Waals surface area contributed by atoms with Gasteiger partial charge in [-0.2, -0.15) is 0 Å². The molecule has 1 aromatic carbocycles. The van der Waals surface area contributed by atoms with Crippen molar-refractivity contribution in [2.45, 2.75) is 20.4 Å². The normalized spacial score (nSPS) is 10.6. The molecule has 1 heterocycles. The van der Waals surface area contributed by atoms with Gasteiger partial charge in [-0.25, -0.2) is 0 Å². The van der Waals surface area contributed by atoms with Crippen molar-refractivity contribution in [2.75, 3.05) is 6.54 Å². The standard InChI is InChI=1S/C15H17NO2/c1-11-5-6-13(8-12(11)2)15(17)10-16-9-14-4-3-7-18-14/h3-8,16H,9-10H2,1-2H3. The minimum atomic E-state index is 0.102. The van der Waals surface area contributed by atoms with Gasteiger partial charge in [-0.3, -0.25) is 4.79 Å². The van der Waals surface area contributed by atoms with Crippen molar-refractivity contribution in [3.63, 3.8) is 0 Å². The Morgan fingerprint density at radius 3 is 2.72 bits per heavy atom. The van der Waals surface area contributed by atoms with Crippen molar-refractivity contribution < 1.29 is 9.21 Å². The molecule has 2 rings (SSSR count). The van der Waals surface area contributed by atoms with Gasteiger partial charge in [0.05, 0.1) is 19.4 Å². The molecule has 0 amide bonds. The molecule has 3 nitrogen and oxygen atoms in total. The van der Waals surface area contributed by atoms with E-state index in [9.17, 15) is 4.79 Å². The summed E-state index contributed by atoms with van der Waals surface area (Å²) in [4.78, 5) is 11.9. The van der Waals surface area contributed by atoms with E-state index in [0.717, 1.165) is 16.9 Å². The fourth-order valence-electron chi connectivity index (χ4n) is 1.73. The van der Waals surface area contributed by atoms with Crippen LogP contribution in [-0.4, -0.2) is 12.3 Å². The van der Waals surface area contributed by atoms with Crippen molar-refractivity contribution >= 4 is 5.78 Å². The van der Waals surface area contributed by atoms with Gasteiger partial charge in [-0.1, -0.05) is 12.1 Å². The summed E-state index contributed by atoms with van der Waals surface area (Å²) in [6.07, 6.45) is 1.63. The van der Waals surface area contributed by atoms with E-state index in [0.29, 0.717) is 13.1 Å². The first-order valence-corrected chi connectivity index (χ1v) is 6.00. The van der Waals surface area contributed by atoms with Gasteiger partial charge < -0.3 is 9.73 Å². The third-order valence-electron chi connectivity index (χ3n) is 2.99. The highest BCUT2D eigenvalue weighted by Crippen LogP contribution is 2.10. The lowest BCUT2D eigenvalue weighted by molar-refractivity contribution is 0.0990. The van der Waals surface area contributed by atoms with Gasteiger partial charge >= 0.3 is 0 Å². The van der Waals surface area contributed by atoms with E-state index < -0.39 is 0 Å². The molecule has 18 heavy (non-hydrogen) atoms. The maximum absolute atomic E-state index is 11.9. The lowest BCUT2D eigenvalue weighted by Crippen LogP contribution is -2.22. The number of hydrogen-bond donors (Lipinski definition) is 1. The number of carbonyl (C=O) groups excluding carboxylic acids is 1. The predicted octanol–water partition coefficient (Wildman–Crippen LogP) is 2.87. The molecule has 0 aliphatic heterocycles. The van der Waals surface area contributed by atoms with Crippen molar-refractivity contribution in [1.82, 2.24) is 5.32 Å². The van der Waals surface area contributed by atoms with E-state index in [2.05, 4.69) is 5.32 Å². The molecule has 0 saturated carbocycles. The van der Waals surface area contributed by atoms with Gasteiger partial charge in [0.2, 0.25) is 0 Å². The minimum absolute atomic E-state index is 0.102. The highest BCUT2D eigenvalue weighted by atomic mass is 16.3. The van der Waals surface area contributed by atoms with Crippen molar-refractivity contribution in [3.05, 3.63) is 59.0 Å². The molecule has 0 aliphatic rings. The van der Waals surface area contributed by atoms with Crippen LogP contribution in [0.5, 0.6) is 0 Å². The number of furan rings is 1. The summed E-state index contributed by atoms with van der Waals surface area (Å²) in [5.74, 6) is 0.938. The first-order chi connectivity index (χ1) is 8.66. The van der Waals surface area contributed by atoms with Crippen LogP contribution in [0.2, 0.25) is 0 Å². The maximum Gasteiger partial charge on any atom is 0.176 e. The first-order valence-electron chi connectivity index (χ1n) is 6.00. The molecule has 0 radical (unpaired) electrons. The molecule has 0 fully saturated rings. The Kier molecular flexibility index (Phi) is 3.95. The number of hydrogen-bond acceptors (Lipinski definition) is 3. The first kappa shape index (κ1) is 12.6. The molecule has 94 valence electrons. The van der Waals surface area contributed by atoms with E-state index in [1.54, 1.807) is 6.26 Å². The Morgan fingerprint density at radius 1 is 1.22 bits per heavy atom. The van der Waals surface area contributed by atoms with Crippen molar-refractivity contribution in [2.24, 2.45) is 0 Å². The van der Waals surface area contributed by atoms with Crippen LogP contribution in [0.15, 0.2) is 41.0 Å². The Morgan fingerprint density at radius 2 is 2.06 bits per heavy atom. The van der Waals surface area contributed by atoms with Gasteiger partial charge in [-0.15, -0.1) is 0 Å². The average Bonchev–Trinajstić information content (AvgIpc) is 2.85. The van der Waals surface area contributed by atoms with E-state index in [-0.39, 0.29) is 5.78 Å². The molecular weight excluding hydrogens is 226 g/mol. The Balaban J connectivity index is 1.89. The molecule has 1 aromatic heterocycles. The van der Waals surface area contributed by atoms with Gasteiger partial charge in [-0.05, 0) is 43.2 Å². The van der Waals surface area contributed by atoms with E-state index >= 15 is 0 Å². The fourth-order valence-corrected chi connectivity index (χ4v) is 1.73. The zero-order valence-corrected chi connectivity index (χ0v) is 10.7. The number of rotatable bonds is 5. The van der Waals surface area contributed by atoms with Crippen LogP contribution in [0.4, 0.5) is 0 Å². The van der Waals surface area contributed by atoms with Crippen molar-refractivity contribution in [1.29, 1.82) is 0 Å². The van der Waals surface area contributed by atoms with Gasteiger partial charge in [0, 0.05) is 5.56 Å². The molecule has 1 N–H and O–H groups in total. The van der Waals surface area contributed by atoms with Crippen LogP contribution < -0.4 is 5.32 Å². The predicted molar refractivity (Wildman–Crippen MR) is 70.7 cm³/mol. The molecule has 0 unspecified atom stereocenters. The Labute approximate surface area is 107 Å². The zero-order valence-electron chi connectivity index (χ0n) is 10.7. The van der Waals surface area contributed by atoms with Crippen LogP contribution in [0.25, 0.3) is 0 Å². The van der Waals surface area contributed by atoms with E-state index in [4.69, 9.17) is 4.42 Å². The molecule has 0 aliphatic carbocycles. The summed E-state index contributed by atoms with van der Waals surface area (Å²) in [5.41, 5.74) is 3.10. The second-order valence-corrected chi connectivity index (χ2v) is 4.41. The summed E-state index contributed by atoms with van der Waals surface area (Å²) in [7, 11) is 0. The molecule has 2 aromatic rings. The summed E-state index contributed by atoms with van der Waals surface area (Å²) >= 11 is 0. The van der Waals surface area contributed by atoms with Gasteiger partial charge in [0.15, 0.2) is 5.78 Å². The number of benzene rings is 1. The number of ketones is 1. The molecule has 3 heteroatoms. The lowest BCUT2D eigenvalue weighted by atomic mass is 10.0. The summed E-state index contributed by atoms with van der Waals surface area (Å²) in [6.45, 7) is 4.95. The molecule has 0 atom stereocenters.